The van der Waals surface area contributed by atoms with Gasteiger partial charge in [0.05, 0.1) is 6.61 Å². The van der Waals surface area contributed by atoms with E-state index in [-0.39, 0.29) is 6.04 Å². The first-order valence-electron chi connectivity index (χ1n) is 3.87. The molecule has 0 N–H and O–H groups in total. The van der Waals surface area contributed by atoms with Gasteiger partial charge in [0.2, 0.25) is 0 Å². The van der Waals surface area contributed by atoms with E-state index in [4.69, 9.17) is 9.79 Å². The molecule has 0 rings (SSSR count). The standard InChI is InChI=1S/C7H15N2O2P/c1-5-11-12(10,6-8)9(4)7(2)3/h7H,5H2,1-4H3. The highest BCUT2D eigenvalue weighted by molar-refractivity contribution is 7.61. The molecule has 0 radical (unpaired) electrons. The smallest absolute Gasteiger partial charge is 0.307 e. The predicted molar refractivity (Wildman–Crippen MR) is 47.7 cm³/mol. The van der Waals surface area contributed by atoms with Gasteiger partial charge in [-0.3, -0.25) is 4.57 Å². The summed E-state index contributed by atoms with van der Waals surface area (Å²) in [5, 5.41) is 8.66. The summed E-state index contributed by atoms with van der Waals surface area (Å²) in [6.45, 7) is 5.74. The van der Waals surface area contributed by atoms with Crippen LogP contribution in [-0.2, 0) is 9.09 Å². The van der Waals surface area contributed by atoms with E-state index in [2.05, 4.69) is 0 Å². The Hall–Kier alpha value is -0.360. The first-order valence-corrected chi connectivity index (χ1v) is 5.45. The summed E-state index contributed by atoms with van der Waals surface area (Å²) in [7, 11) is -1.58. The van der Waals surface area contributed by atoms with Crippen LogP contribution in [0.1, 0.15) is 20.8 Å². The normalized spacial score (nSPS) is 16.1. The summed E-state index contributed by atoms with van der Waals surface area (Å²) >= 11 is 0. The molecule has 0 saturated heterocycles. The van der Waals surface area contributed by atoms with E-state index in [0.717, 1.165) is 0 Å². The maximum absolute atomic E-state index is 11.7. The molecule has 1 unspecified atom stereocenters. The van der Waals surface area contributed by atoms with Crippen molar-refractivity contribution in [2.45, 2.75) is 26.8 Å². The summed E-state index contributed by atoms with van der Waals surface area (Å²) in [6.07, 6.45) is 0. The number of nitriles is 1. The summed E-state index contributed by atoms with van der Waals surface area (Å²) < 4.78 is 18.1. The molecule has 0 spiro atoms. The number of hydrogen-bond donors (Lipinski definition) is 0. The fourth-order valence-electron chi connectivity index (χ4n) is 0.669. The van der Waals surface area contributed by atoms with Gasteiger partial charge in [-0.15, -0.1) is 0 Å². The molecule has 5 heteroatoms. The molecule has 12 heavy (non-hydrogen) atoms. The van der Waals surface area contributed by atoms with Gasteiger partial charge in [-0.25, -0.2) is 4.67 Å². The van der Waals surface area contributed by atoms with Crippen molar-refractivity contribution in [2.24, 2.45) is 0 Å². The lowest BCUT2D eigenvalue weighted by Crippen LogP contribution is -2.23. The lowest BCUT2D eigenvalue weighted by molar-refractivity contribution is 0.279. The average molecular weight is 190 g/mol. The molecule has 4 nitrogen and oxygen atoms in total. The van der Waals surface area contributed by atoms with E-state index in [1.807, 2.05) is 13.8 Å². The topological polar surface area (TPSA) is 53.3 Å². The van der Waals surface area contributed by atoms with Crippen LogP contribution < -0.4 is 0 Å². The molecule has 0 heterocycles. The maximum Gasteiger partial charge on any atom is 0.371 e. The van der Waals surface area contributed by atoms with Gasteiger partial charge in [0.25, 0.3) is 0 Å². The molecular weight excluding hydrogens is 175 g/mol. The summed E-state index contributed by atoms with van der Waals surface area (Å²) in [5.74, 6) is 1.72. The Morgan fingerprint density at radius 1 is 1.67 bits per heavy atom. The van der Waals surface area contributed by atoms with Crippen molar-refractivity contribution in [3.8, 4) is 5.81 Å². The Labute approximate surface area is 73.6 Å². The SMILES string of the molecule is CCOP(=O)(C#N)N(C)C(C)C. The van der Waals surface area contributed by atoms with E-state index in [1.54, 1.807) is 19.8 Å². The number of hydrogen-bond acceptors (Lipinski definition) is 3. The van der Waals surface area contributed by atoms with Crippen molar-refractivity contribution in [1.29, 1.82) is 5.26 Å². The molecule has 70 valence electrons. The molecule has 0 bridgehead atoms. The highest BCUT2D eigenvalue weighted by atomic mass is 31.2. The molecule has 0 aliphatic rings. The average Bonchev–Trinajstić information content (AvgIpc) is 2.03. The second-order valence-electron chi connectivity index (χ2n) is 2.71. The van der Waals surface area contributed by atoms with Gasteiger partial charge in [0, 0.05) is 6.04 Å². The summed E-state index contributed by atoms with van der Waals surface area (Å²) in [4.78, 5) is 0. The lowest BCUT2D eigenvalue weighted by atomic mass is 10.4. The second kappa shape index (κ2) is 4.61. The minimum Gasteiger partial charge on any atom is -0.307 e. The second-order valence-corrected chi connectivity index (χ2v) is 4.84. The van der Waals surface area contributed by atoms with Gasteiger partial charge < -0.3 is 4.52 Å². The molecule has 1 atom stereocenters. The number of rotatable bonds is 4. The first kappa shape index (κ1) is 11.6. The first-order chi connectivity index (χ1) is 5.48. The molecule has 0 aromatic heterocycles. The lowest BCUT2D eigenvalue weighted by Gasteiger charge is -2.24. The van der Waals surface area contributed by atoms with Crippen LogP contribution in [0.4, 0.5) is 0 Å². The Bertz CT molecular complexity index is 222. The van der Waals surface area contributed by atoms with Crippen molar-refractivity contribution in [2.75, 3.05) is 13.7 Å². The van der Waals surface area contributed by atoms with Crippen molar-refractivity contribution in [1.82, 2.24) is 4.67 Å². The Balaban J connectivity index is 4.55. The van der Waals surface area contributed by atoms with Gasteiger partial charge in [-0.2, -0.15) is 5.26 Å². The monoisotopic (exact) mass is 190 g/mol. The fourth-order valence-corrected chi connectivity index (χ4v) is 2.01. The van der Waals surface area contributed by atoms with E-state index in [0.29, 0.717) is 6.61 Å². The van der Waals surface area contributed by atoms with Gasteiger partial charge in [-0.05, 0) is 27.8 Å². The van der Waals surface area contributed by atoms with Crippen LogP contribution in [0.15, 0.2) is 0 Å². The van der Waals surface area contributed by atoms with Crippen LogP contribution in [0, 0.1) is 11.1 Å². The van der Waals surface area contributed by atoms with Gasteiger partial charge in [0.15, 0.2) is 5.81 Å². The zero-order valence-corrected chi connectivity index (χ0v) is 8.84. The quantitative estimate of drug-likeness (QED) is 0.636. The Morgan fingerprint density at radius 2 is 2.17 bits per heavy atom. The summed E-state index contributed by atoms with van der Waals surface area (Å²) in [6, 6.07) is 0.0435. The molecule has 0 amide bonds. The summed E-state index contributed by atoms with van der Waals surface area (Å²) in [5.41, 5.74) is 0. The molecule has 0 aliphatic carbocycles. The molecule has 0 saturated carbocycles. The zero-order chi connectivity index (χ0) is 9.78. The Morgan fingerprint density at radius 3 is 2.42 bits per heavy atom. The van der Waals surface area contributed by atoms with E-state index in [9.17, 15) is 4.57 Å². The van der Waals surface area contributed by atoms with Gasteiger partial charge >= 0.3 is 7.52 Å². The van der Waals surface area contributed by atoms with Crippen LogP contribution in [0.2, 0.25) is 0 Å². The van der Waals surface area contributed by atoms with Crippen LogP contribution >= 0.6 is 7.52 Å². The minimum atomic E-state index is -3.21. The Kier molecular flexibility index (Phi) is 4.47. The van der Waals surface area contributed by atoms with Crippen LogP contribution in [0.25, 0.3) is 0 Å². The fraction of sp³-hybridized carbons (Fsp3) is 0.857. The van der Waals surface area contributed by atoms with Gasteiger partial charge in [0.1, 0.15) is 0 Å². The van der Waals surface area contributed by atoms with Crippen molar-refractivity contribution in [3.63, 3.8) is 0 Å². The largest absolute Gasteiger partial charge is 0.371 e. The van der Waals surface area contributed by atoms with E-state index in [1.165, 1.54) is 4.67 Å². The van der Waals surface area contributed by atoms with E-state index < -0.39 is 7.52 Å². The van der Waals surface area contributed by atoms with Crippen LogP contribution in [0.3, 0.4) is 0 Å². The highest BCUT2D eigenvalue weighted by Crippen LogP contribution is 2.49. The molecular formula is C7H15N2O2P. The number of nitrogens with zero attached hydrogens (tertiary/aromatic N) is 2. The van der Waals surface area contributed by atoms with Crippen LogP contribution in [-0.4, -0.2) is 24.4 Å². The molecule has 0 fully saturated rings. The van der Waals surface area contributed by atoms with Crippen molar-refractivity contribution < 1.29 is 9.09 Å². The highest BCUT2D eigenvalue weighted by Gasteiger charge is 2.30. The third kappa shape index (κ3) is 2.60. The maximum atomic E-state index is 11.7. The predicted octanol–water partition coefficient (Wildman–Crippen LogP) is 2.04. The van der Waals surface area contributed by atoms with Crippen molar-refractivity contribution >= 4 is 7.52 Å². The zero-order valence-electron chi connectivity index (χ0n) is 7.94. The minimum absolute atomic E-state index is 0.0435. The van der Waals surface area contributed by atoms with Crippen LogP contribution in [0.5, 0.6) is 0 Å². The molecule has 0 aliphatic heterocycles. The van der Waals surface area contributed by atoms with Crippen molar-refractivity contribution in [3.05, 3.63) is 0 Å². The molecule has 0 aromatic carbocycles. The third-order valence-corrected chi connectivity index (χ3v) is 3.75. The molecule has 0 aromatic rings. The van der Waals surface area contributed by atoms with Gasteiger partial charge in [-0.1, -0.05) is 0 Å². The third-order valence-electron chi connectivity index (χ3n) is 1.59. The van der Waals surface area contributed by atoms with E-state index >= 15 is 0 Å².